The number of hydrogen-bond donors (Lipinski definition) is 3. The van der Waals surface area contributed by atoms with Crippen molar-refractivity contribution in [2.75, 3.05) is 19.6 Å². The van der Waals surface area contributed by atoms with E-state index in [1.54, 1.807) is 24.3 Å². The monoisotopic (exact) mass is 392 g/mol. The number of carbonyl (C=O) groups excluding carboxylic acids is 1. The third kappa shape index (κ3) is 6.58. The topological polar surface area (TPSA) is 65.5 Å². The molecule has 5 nitrogen and oxygen atoms in total. The van der Waals surface area contributed by atoms with E-state index in [9.17, 15) is 4.79 Å². The molecule has 0 fully saturated rings. The summed E-state index contributed by atoms with van der Waals surface area (Å²) in [5, 5.41) is 10.3. The van der Waals surface area contributed by atoms with E-state index >= 15 is 0 Å². The Morgan fingerprint density at radius 2 is 1.65 bits per heavy atom. The van der Waals surface area contributed by atoms with E-state index in [0.29, 0.717) is 41.2 Å². The number of nitrogens with zero attached hydrogens (tertiary/aromatic N) is 1. The summed E-state index contributed by atoms with van der Waals surface area (Å²) in [7, 11) is 0. The second kappa shape index (κ2) is 10.7. The van der Waals surface area contributed by atoms with Gasteiger partial charge < -0.3 is 16.0 Å². The van der Waals surface area contributed by atoms with Crippen molar-refractivity contribution in [1.82, 2.24) is 16.0 Å². The molecule has 138 valence electrons. The third-order valence-electron chi connectivity index (χ3n) is 3.50. The number of halogens is 2. The van der Waals surface area contributed by atoms with Crippen molar-refractivity contribution < 1.29 is 4.79 Å². The summed E-state index contributed by atoms with van der Waals surface area (Å²) in [5.74, 6) is 0.495. The van der Waals surface area contributed by atoms with Crippen LogP contribution in [0.25, 0.3) is 0 Å². The molecule has 0 bridgehead atoms. The molecule has 26 heavy (non-hydrogen) atoms. The van der Waals surface area contributed by atoms with Crippen molar-refractivity contribution in [2.45, 2.75) is 13.5 Å². The molecule has 0 aliphatic carbocycles. The van der Waals surface area contributed by atoms with Crippen LogP contribution in [0.4, 0.5) is 0 Å². The summed E-state index contributed by atoms with van der Waals surface area (Å²) in [4.78, 5) is 16.6. The Kier molecular flexibility index (Phi) is 8.25. The summed E-state index contributed by atoms with van der Waals surface area (Å²) < 4.78 is 0. The van der Waals surface area contributed by atoms with Gasteiger partial charge >= 0.3 is 0 Å². The zero-order chi connectivity index (χ0) is 18.8. The van der Waals surface area contributed by atoms with Crippen LogP contribution < -0.4 is 16.0 Å². The Labute approximate surface area is 163 Å². The van der Waals surface area contributed by atoms with Crippen LogP contribution in [0.2, 0.25) is 10.0 Å². The highest BCUT2D eigenvalue weighted by Gasteiger charge is 2.08. The molecule has 0 spiro atoms. The van der Waals surface area contributed by atoms with Gasteiger partial charge in [-0.25, -0.2) is 4.99 Å². The standard InChI is InChI=1S/C19H22Cl2N4O/c1-2-22-19(25-13-14-7-9-15(20)10-8-14)24-12-11-23-18(26)16-5-3-4-6-17(16)21/h3-10H,2,11-13H2,1H3,(H,23,26)(H2,22,24,25). The Balaban J connectivity index is 1.80. The zero-order valence-corrected chi connectivity index (χ0v) is 16.1. The van der Waals surface area contributed by atoms with Gasteiger partial charge in [0.05, 0.1) is 17.1 Å². The Morgan fingerprint density at radius 1 is 0.962 bits per heavy atom. The van der Waals surface area contributed by atoms with Crippen LogP contribution in [-0.4, -0.2) is 31.5 Å². The van der Waals surface area contributed by atoms with E-state index in [-0.39, 0.29) is 5.91 Å². The molecule has 2 rings (SSSR count). The van der Waals surface area contributed by atoms with Crippen LogP contribution in [0.3, 0.4) is 0 Å². The lowest BCUT2D eigenvalue weighted by molar-refractivity contribution is 0.0954. The van der Waals surface area contributed by atoms with Crippen LogP contribution in [0.5, 0.6) is 0 Å². The molecule has 1 amide bonds. The van der Waals surface area contributed by atoms with Gasteiger partial charge in [-0.2, -0.15) is 0 Å². The number of amides is 1. The van der Waals surface area contributed by atoms with E-state index in [1.165, 1.54) is 0 Å². The van der Waals surface area contributed by atoms with Crippen molar-refractivity contribution in [3.05, 3.63) is 69.7 Å². The maximum Gasteiger partial charge on any atom is 0.252 e. The summed E-state index contributed by atoms with van der Waals surface area (Å²) in [6.07, 6.45) is 0. The second-order valence-corrected chi connectivity index (χ2v) is 6.33. The van der Waals surface area contributed by atoms with Crippen molar-refractivity contribution in [1.29, 1.82) is 0 Å². The molecule has 3 N–H and O–H groups in total. The molecule has 0 aliphatic heterocycles. The number of hydrogen-bond acceptors (Lipinski definition) is 2. The summed E-state index contributed by atoms with van der Waals surface area (Å²) >= 11 is 11.9. The van der Waals surface area contributed by atoms with E-state index in [2.05, 4.69) is 20.9 Å². The predicted molar refractivity (Wildman–Crippen MR) is 108 cm³/mol. The number of aliphatic imine (C=N–C) groups is 1. The molecule has 0 heterocycles. The lowest BCUT2D eigenvalue weighted by atomic mass is 10.2. The fourth-order valence-corrected chi connectivity index (χ4v) is 2.55. The highest BCUT2D eigenvalue weighted by atomic mass is 35.5. The second-order valence-electron chi connectivity index (χ2n) is 5.48. The van der Waals surface area contributed by atoms with Crippen molar-refractivity contribution >= 4 is 35.1 Å². The highest BCUT2D eigenvalue weighted by molar-refractivity contribution is 6.33. The van der Waals surface area contributed by atoms with Crippen LogP contribution in [0.1, 0.15) is 22.8 Å². The molecule has 2 aromatic carbocycles. The molecule has 0 aromatic heterocycles. The lowest BCUT2D eigenvalue weighted by Gasteiger charge is -2.12. The molecule has 0 radical (unpaired) electrons. The lowest BCUT2D eigenvalue weighted by Crippen LogP contribution is -2.41. The summed E-state index contributed by atoms with van der Waals surface area (Å²) in [5.41, 5.74) is 1.54. The van der Waals surface area contributed by atoms with E-state index in [4.69, 9.17) is 23.2 Å². The van der Waals surface area contributed by atoms with Gasteiger partial charge in [0, 0.05) is 24.7 Å². The van der Waals surface area contributed by atoms with Crippen molar-refractivity contribution in [2.24, 2.45) is 4.99 Å². The first-order valence-corrected chi connectivity index (χ1v) is 9.15. The van der Waals surface area contributed by atoms with Crippen molar-refractivity contribution in [3.63, 3.8) is 0 Å². The maximum atomic E-state index is 12.1. The van der Waals surface area contributed by atoms with Crippen LogP contribution in [0.15, 0.2) is 53.5 Å². The van der Waals surface area contributed by atoms with Crippen LogP contribution >= 0.6 is 23.2 Å². The first kappa shape index (κ1) is 20.1. The molecule has 0 saturated carbocycles. The van der Waals surface area contributed by atoms with Crippen molar-refractivity contribution in [3.8, 4) is 0 Å². The zero-order valence-electron chi connectivity index (χ0n) is 14.6. The first-order chi connectivity index (χ1) is 12.6. The fourth-order valence-electron chi connectivity index (χ4n) is 2.20. The average Bonchev–Trinajstić information content (AvgIpc) is 2.64. The first-order valence-electron chi connectivity index (χ1n) is 8.39. The highest BCUT2D eigenvalue weighted by Crippen LogP contribution is 2.14. The SMILES string of the molecule is CCNC(=NCc1ccc(Cl)cc1)NCCNC(=O)c1ccccc1Cl. The molecule has 0 atom stereocenters. The largest absolute Gasteiger partial charge is 0.357 e. The molecular weight excluding hydrogens is 371 g/mol. The fraction of sp³-hybridized carbons (Fsp3) is 0.263. The average molecular weight is 393 g/mol. The van der Waals surface area contributed by atoms with E-state index < -0.39 is 0 Å². The normalized spacial score (nSPS) is 11.1. The van der Waals surface area contributed by atoms with Gasteiger partial charge in [-0.05, 0) is 36.8 Å². The third-order valence-corrected chi connectivity index (χ3v) is 4.08. The van der Waals surface area contributed by atoms with E-state index in [0.717, 1.165) is 12.1 Å². The van der Waals surface area contributed by atoms with E-state index in [1.807, 2.05) is 31.2 Å². The molecule has 0 saturated heterocycles. The molecular formula is C19H22Cl2N4O. The van der Waals surface area contributed by atoms with Gasteiger partial charge in [0.2, 0.25) is 0 Å². The van der Waals surface area contributed by atoms with Gasteiger partial charge in [-0.15, -0.1) is 0 Å². The van der Waals surface area contributed by atoms with Gasteiger partial charge in [0.15, 0.2) is 5.96 Å². The minimum atomic E-state index is -0.194. The van der Waals surface area contributed by atoms with Gasteiger partial charge in [-0.1, -0.05) is 47.5 Å². The number of rotatable bonds is 7. The minimum absolute atomic E-state index is 0.194. The number of benzene rings is 2. The number of nitrogens with one attached hydrogen (secondary N) is 3. The van der Waals surface area contributed by atoms with Gasteiger partial charge in [0.1, 0.15) is 0 Å². The van der Waals surface area contributed by atoms with Crippen LogP contribution in [-0.2, 0) is 6.54 Å². The molecule has 0 aliphatic rings. The Hall–Kier alpha value is -2.24. The smallest absolute Gasteiger partial charge is 0.252 e. The summed E-state index contributed by atoms with van der Waals surface area (Å²) in [6, 6.07) is 14.5. The van der Waals surface area contributed by atoms with Gasteiger partial charge in [0.25, 0.3) is 5.91 Å². The Morgan fingerprint density at radius 3 is 2.35 bits per heavy atom. The quantitative estimate of drug-likeness (QED) is 0.383. The van der Waals surface area contributed by atoms with Crippen LogP contribution in [0, 0.1) is 0 Å². The molecule has 0 unspecified atom stereocenters. The number of carbonyl (C=O) groups is 1. The maximum absolute atomic E-state index is 12.1. The molecule has 2 aromatic rings. The molecule has 7 heteroatoms. The summed E-state index contributed by atoms with van der Waals surface area (Å²) in [6.45, 7) is 4.29. The predicted octanol–water partition coefficient (Wildman–Crippen LogP) is 3.48. The number of guanidine groups is 1. The minimum Gasteiger partial charge on any atom is -0.357 e. The Bertz CT molecular complexity index is 747. The van der Waals surface area contributed by atoms with Gasteiger partial charge in [-0.3, -0.25) is 4.79 Å².